The molecule has 3 amide bonds. The minimum Gasteiger partial charge on any atom is -0.359 e. The fraction of sp³-hybridized carbons (Fsp3) is 0.577. The fourth-order valence-corrected chi connectivity index (χ4v) is 6.39. The van der Waals surface area contributed by atoms with Crippen LogP contribution in [-0.2, 0) is 19.1 Å². The van der Waals surface area contributed by atoms with E-state index in [9.17, 15) is 14.4 Å². The van der Waals surface area contributed by atoms with Crippen molar-refractivity contribution >= 4 is 35.0 Å². The predicted octanol–water partition coefficient (Wildman–Crippen LogP) is 3.68. The minimum absolute atomic E-state index is 0.120. The number of hydrogen-bond donors (Lipinski definition) is 2. The van der Waals surface area contributed by atoms with Crippen LogP contribution in [0.5, 0.6) is 0 Å². The van der Waals surface area contributed by atoms with E-state index in [4.69, 9.17) is 16.3 Å². The summed E-state index contributed by atoms with van der Waals surface area (Å²) >= 11 is 6.07. The molecule has 2 N–H and O–H groups in total. The van der Waals surface area contributed by atoms with Crippen LogP contribution in [0, 0.1) is 11.8 Å². The number of amides is 3. The molecular weight excluding hydrogens is 454 g/mol. The molecule has 6 atom stereocenters. The van der Waals surface area contributed by atoms with E-state index in [0.29, 0.717) is 17.1 Å². The van der Waals surface area contributed by atoms with Gasteiger partial charge in [-0.05, 0) is 44.4 Å². The molecule has 2 saturated heterocycles. The van der Waals surface area contributed by atoms with Crippen molar-refractivity contribution in [3.63, 3.8) is 0 Å². The molecule has 3 aliphatic heterocycles. The first kappa shape index (κ1) is 23.4. The molecule has 0 unspecified atom stereocenters. The summed E-state index contributed by atoms with van der Waals surface area (Å²) < 4.78 is 6.38. The number of fused-ring (bicyclic) bond motifs is 1. The lowest BCUT2D eigenvalue weighted by Crippen LogP contribution is -2.58. The van der Waals surface area contributed by atoms with Gasteiger partial charge in [-0.3, -0.25) is 14.4 Å². The Morgan fingerprint density at radius 1 is 1.24 bits per heavy atom. The highest BCUT2D eigenvalue weighted by molar-refractivity contribution is 6.30. The van der Waals surface area contributed by atoms with Crippen LogP contribution in [-0.4, -0.2) is 52.5 Å². The number of nitrogens with zero attached hydrogens (tertiary/aromatic N) is 1. The van der Waals surface area contributed by atoms with Crippen LogP contribution in [0.1, 0.15) is 52.4 Å². The number of rotatable bonds is 6. The number of carbonyl (C=O) groups excluding carboxylic acids is 3. The van der Waals surface area contributed by atoms with E-state index in [1.165, 1.54) is 6.42 Å². The Balaban J connectivity index is 1.45. The van der Waals surface area contributed by atoms with Gasteiger partial charge in [-0.2, -0.15) is 0 Å². The summed E-state index contributed by atoms with van der Waals surface area (Å²) in [6.07, 6.45) is 9.15. The number of likely N-dealkylation sites (tertiary alicyclic amines) is 1. The van der Waals surface area contributed by atoms with Crippen LogP contribution >= 0.6 is 11.6 Å². The van der Waals surface area contributed by atoms with Gasteiger partial charge in [0.25, 0.3) is 0 Å². The van der Waals surface area contributed by atoms with Crippen molar-refractivity contribution in [2.75, 3.05) is 5.32 Å². The lowest BCUT2D eigenvalue weighted by molar-refractivity contribution is -0.143. The maximum atomic E-state index is 13.8. The molecule has 0 radical (unpaired) electrons. The Labute approximate surface area is 205 Å². The molecular formula is C26H32ClN3O4. The maximum absolute atomic E-state index is 13.8. The van der Waals surface area contributed by atoms with Crippen LogP contribution in [0.15, 0.2) is 36.4 Å². The van der Waals surface area contributed by atoms with Crippen LogP contribution in [0.2, 0.25) is 5.02 Å². The molecule has 5 rings (SSSR count). The number of carbonyl (C=O) groups is 3. The number of hydrogen-bond acceptors (Lipinski definition) is 4. The first-order valence-corrected chi connectivity index (χ1v) is 12.8. The zero-order valence-electron chi connectivity index (χ0n) is 19.6. The summed E-state index contributed by atoms with van der Waals surface area (Å²) in [5.41, 5.74) is -0.561. The van der Waals surface area contributed by atoms with Gasteiger partial charge in [0.2, 0.25) is 17.7 Å². The van der Waals surface area contributed by atoms with Crippen molar-refractivity contribution in [2.45, 2.75) is 82.2 Å². The average molecular weight is 486 g/mol. The van der Waals surface area contributed by atoms with Crippen molar-refractivity contribution < 1.29 is 19.1 Å². The van der Waals surface area contributed by atoms with Crippen LogP contribution in [0.25, 0.3) is 0 Å². The monoisotopic (exact) mass is 485 g/mol. The lowest BCUT2D eigenvalue weighted by atomic mass is 9.74. The van der Waals surface area contributed by atoms with Crippen molar-refractivity contribution in [1.82, 2.24) is 10.2 Å². The number of benzene rings is 1. The van der Waals surface area contributed by atoms with Gasteiger partial charge in [-0.25, -0.2) is 0 Å². The molecule has 182 valence electrons. The summed E-state index contributed by atoms with van der Waals surface area (Å²) in [4.78, 5) is 42.6. The summed E-state index contributed by atoms with van der Waals surface area (Å²) in [5.74, 6) is -2.11. The van der Waals surface area contributed by atoms with Gasteiger partial charge in [-0.15, -0.1) is 0 Å². The Hall–Kier alpha value is -2.38. The van der Waals surface area contributed by atoms with E-state index in [0.717, 1.165) is 25.7 Å². The van der Waals surface area contributed by atoms with Crippen LogP contribution in [0.3, 0.4) is 0 Å². The number of nitrogens with one attached hydrogen (secondary N) is 2. The third-order valence-electron chi connectivity index (χ3n) is 7.97. The van der Waals surface area contributed by atoms with Crippen molar-refractivity contribution in [1.29, 1.82) is 0 Å². The van der Waals surface area contributed by atoms with Gasteiger partial charge in [-0.1, -0.05) is 56.0 Å². The molecule has 1 aliphatic carbocycles. The molecule has 34 heavy (non-hydrogen) atoms. The topological polar surface area (TPSA) is 87.7 Å². The minimum atomic E-state index is -1.12. The second-order valence-electron chi connectivity index (χ2n) is 10.0. The third-order valence-corrected chi connectivity index (χ3v) is 8.21. The number of anilines is 1. The van der Waals surface area contributed by atoms with Crippen molar-refractivity contribution in [3.8, 4) is 0 Å². The molecule has 1 aromatic carbocycles. The van der Waals surface area contributed by atoms with Crippen LogP contribution < -0.4 is 10.6 Å². The highest BCUT2D eigenvalue weighted by atomic mass is 35.5. The SMILES string of the molecule is CC[C@H](C)N1C(=O)[C@H]2[C@@H](C(=O)Nc3cccc(Cl)c3)[C@H]3C=C[C@@]2(O3)[C@@H]1C(=O)NC1CCCCC1. The number of ether oxygens (including phenoxy) is 1. The Bertz CT molecular complexity index is 1020. The predicted molar refractivity (Wildman–Crippen MR) is 129 cm³/mol. The van der Waals surface area contributed by atoms with E-state index < -0.39 is 29.6 Å². The smallest absolute Gasteiger partial charge is 0.246 e. The lowest BCUT2D eigenvalue weighted by Gasteiger charge is -2.36. The van der Waals surface area contributed by atoms with Gasteiger partial charge in [0.1, 0.15) is 11.6 Å². The molecule has 1 spiro atoms. The van der Waals surface area contributed by atoms with Crippen molar-refractivity contribution in [2.24, 2.45) is 11.8 Å². The fourth-order valence-electron chi connectivity index (χ4n) is 6.20. The average Bonchev–Trinajstić information content (AvgIpc) is 3.46. The van der Waals surface area contributed by atoms with E-state index in [2.05, 4.69) is 10.6 Å². The zero-order valence-corrected chi connectivity index (χ0v) is 20.4. The first-order valence-electron chi connectivity index (χ1n) is 12.4. The molecule has 0 aromatic heterocycles. The van der Waals surface area contributed by atoms with E-state index in [1.807, 2.05) is 26.0 Å². The molecule has 1 saturated carbocycles. The van der Waals surface area contributed by atoms with Crippen molar-refractivity contribution in [3.05, 3.63) is 41.4 Å². The molecule has 1 aromatic rings. The summed E-state index contributed by atoms with van der Waals surface area (Å²) in [6.45, 7) is 3.95. The second kappa shape index (κ2) is 9.00. The molecule has 3 heterocycles. The standard InChI is InChI=1S/C26H32ClN3O4/c1-3-15(2)30-22(24(32)28-17-9-5-4-6-10-17)26-13-12-19(34-26)20(21(26)25(30)33)23(31)29-18-11-7-8-16(27)14-18/h7-8,11-15,17,19-22H,3-6,9-10H2,1-2H3,(H,28,32)(H,29,31)/t15-,19+,20-,21+,22-,26-/m0/s1. The highest BCUT2D eigenvalue weighted by Crippen LogP contribution is 2.55. The quantitative estimate of drug-likeness (QED) is 0.602. The summed E-state index contributed by atoms with van der Waals surface area (Å²) in [5, 5.41) is 6.62. The zero-order chi connectivity index (χ0) is 24.0. The van der Waals surface area contributed by atoms with Gasteiger partial charge in [0.15, 0.2) is 0 Å². The molecule has 4 aliphatic rings. The second-order valence-corrected chi connectivity index (χ2v) is 10.5. The summed E-state index contributed by atoms with van der Waals surface area (Å²) in [6, 6.07) is 6.10. The Kier molecular flexibility index (Phi) is 6.19. The van der Waals surface area contributed by atoms with Gasteiger partial charge >= 0.3 is 0 Å². The molecule has 2 bridgehead atoms. The summed E-state index contributed by atoms with van der Waals surface area (Å²) in [7, 11) is 0. The van der Waals surface area contributed by atoms with Crippen LogP contribution in [0.4, 0.5) is 5.69 Å². The van der Waals surface area contributed by atoms with E-state index in [-0.39, 0.29) is 29.8 Å². The largest absolute Gasteiger partial charge is 0.359 e. The highest BCUT2D eigenvalue weighted by Gasteiger charge is 2.73. The van der Waals surface area contributed by atoms with Gasteiger partial charge in [0, 0.05) is 22.8 Å². The van der Waals surface area contributed by atoms with E-state index in [1.54, 1.807) is 29.2 Å². The first-order chi connectivity index (χ1) is 16.4. The maximum Gasteiger partial charge on any atom is 0.246 e. The molecule has 7 nitrogen and oxygen atoms in total. The molecule has 3 fully saturated rings. The van der Waals surface area contributed by atoms with Gasteiger partial charge < -0.3 is 20.3 Å². The Morgan fingerprint density at radius 3 is 2.71 bits per heavy atom. The van der Waals surface area contributed by atoms with Gasteiger partial charge in [0.05, 0.1) is 17.9 Å². The molecule has 8 heteroatoms. The number of halogens is 1. The normalized spacial score (nSPS) is 33.1. The third kappa shape index (κ3) is 3.73. The van der Waals surface area contributed by atoms with E-state index >= 15 is 0 Å². The Morgan fingerprint density at radius 2 is 2.00 bits per heavy atom.